The molecule has 0 saturated carbocycles. The van der Waals surface area contributed by atoms with Crippen LogP contribution in [0.4, 0.5) is 0 Å². The molecule has 6 heteroatoms. The lowest BCUT2D eigenvalue weighted by atomic mass is 10.1. The average molecular weight is 253 g/mol. The van der Waals surface area contributed by atoms with Crippen LogP contribution < -0.4 is 5.32 Å². The predicted octanol–water partition coefficient (Wildman–Crippen LogP) is -0.154. The number of aliphatic hydroxyl groups is 1. The highest BCUT2D eigenvalue weighted by atomic mass is 16.3. The van der Waals surface area contributed by atoms with Crippen molar-refractivity contribution in [1.82, 2.24) is 25.2 Å². The summed E-state index contributed by atoms with van der Waals surface area (Å²) in [5.41, 5.74) is 0.932. The number of nitrogens with zero attached hydrogens (tertiary/aromatic N) is 4. The Morgan fingerprint density at radius 1 is 1.22 bits per heavy atom. The maximum absolute atomic E-state index is 8.78. The lowest BCUT2D eigenvalue weighted by Gasteiger charge is -2.26. The van der Waals surface area contributed by atoms with Crippen LogP contribution in [0.15, 0.2) is 6.20 Å². The molecule has 1 aromatic heterocycles. The lowest BCUT2D eigenvalue weighted by molar-refractivity contribution is 0.229. The van der Waals surface area contributed by atoms with Gasteiger partial charge in [0.1, 0.15) is 0 Å². The summed E-state index contributed by atoms with van der Waals surface area (Å²) in [7, 11) is 0. The average Bonchev–Trinajstić information content (AvgIpc) is 2.84. The molecule has 0 aromatic carbocycles. The van der Waals surface area contributed by atoms with Crippen LogP contribution in [0.3, 0.4) is 0 Å². The Morgan fingerprint density at radius 3 is 2.83 bits per heavy atom. The zero-order valence-corrected chi connectivity index (χ0v) is 10.9. The van der Waals surface area contributed by atoms with Gasteiger partial charge in [0, 0.05) is 25.8 Å². The summed E-state index contributed by atoms with van der Waals surface area (Å²) in [6.45, 7) is 5.96. The second-order valence-corrected chi connectivity index (χ2v) is 4.78. The summed E-state index contributed by atoms with van der Waals surface area (Å²) >= 11 is 0. The Balaban J connectivity index is 1.59. The van der Waals surface area contributed by atoms with Crippen molar-refractivity contribution in [3.63, 3.8) is 0 Å². The van der Waals surface area contributed by atoms with E-state index in [1.165, 1.54) is 32.4 Å². The first-order chi connectivity index (χ1) is 8.88. The molecule has 0 amide bonds. The van der Waals surface area contributed by atoms with Gasteiger partial charge in [0.25, 0.3) is 0 Å². The number of piperidine rings is 1. The van der Waals surface area contributed by atoms with E-state index in [1.54, 1.807) is 4.68 Å². The summed E-state index contributed by atoms with van der Waals surface area (Å²) in [5.74, 6) is 0. The molecule has 0 radical (unpaired) electrons. The SMILES string of the molecule is OCCn1cc(CNCCN2CCCCC2)nn1. The maximum Gasteiger partial charge on any atom is 0.0964 e. The van der Waals surface area contributed by atoms with Gasteiger partial charge in [0.05, 0.1) is 18.8 Å². The monoisotopic (exact) mass is 253 g/mol. The minimum Gasteiger partial charge on any atom is -0.394 e. The van der Waals surface area contributed by atoms with Crippen molar-refractivity contribution in [2.24, 2.45) is 0 Å². The van der Waals surface area contributed by atoms with Crippen molar-refractivity contribution in [2.45, 2.75) is 32.4 Å². The van der Waals surface area contributed by atoms with Crippen LogP contribution in [-0.4, -0.2) is 57.8 Å². The zero-order valence-electron chi connectivity index (χ0n) is 10.9. The van der Waals surface area contributed by atoms with E-state index < -0.39 is 0 Å². The van der Waals surface area contributed by atoms with Crippen molar-refractivity contribution in [3.05, 3.63) is 11.9 Å². The fourth-order valence-corrected chi connectivity index (χ4v) is 2.27. The second kappa shape index (κ2) is 7.45. The van der Waals surface area contributed by atoms with Crippen LogP contribution in [0.25, 0.3) is 0 Å². The molecule has 1 aromatic rings. The minimum atomic E-state index is 0.102. The van der Waals surface area contributed by atoms with Crippen LogP contribution in [0, 0.1) is 0 Å². The van der Waals surface area contributed by atoms with Crippen LogP contribution in [0.1, 0.15) is 25.0 Å². The number of nitrogens with one attached hydrogen (secondary N) is 1. The van der Waals surface area contributed by atoms with E-state index in [4.69, 9.17) is 5.11 Å². The molecule has 6 nitrogen and oxygen atoms in total. The van der Waals surface area contributed by atoms with Gasteiger partial charge < -0.3 is 15.3 Å². The molecule has 2 heterocycles. The molecular weight excluding hydrogens is 230 g/mol. The Bertz CT molecular complexity index is 335. The molecule has 2 rings (SSSR count). The van der Waals surface area contributed by atoms with E-state index in [0.717, 1.165) is 25.3 Å². The number of aromatic nitrogens is 3. The molecule has 0 aliphatic carbocycles. The fraction of sp³-hybridized carbons (Fsp3) is 0.833. The number of aliphatic hydroxyl groups excluding tert-OH is 1. The molecule has 1 fully saturated rings. The molecule has 2 N–H and O–H groups in total. The van der Waals surface area contributed by atoms with Crippen molar-refractivity contribution < 1.29 is 5.11 Å². The zero-order chi connectivity index (χ0) is 12.6. The minimum absolute atomic E-state index is 0.102. The molecule has 1 aliphatic heterocycles. The lowest BCUT2D eigenvalue weighted by Crippen LogP contribution is -2.35. The van der Waals surface area contributed by atoms with Gasteiger partial charge in [-0.2, -0.15) is 0 Å². The van der Waals surface area contributed by atoms with Gasteiger partial charge in [-0.3, -0.25) is 0 Å². The standard InChI is InChI=1S/C12H23N5O/c18-9-8-17-11-12(14-15-17)10-13-4-7-16-5-2-1-3-6-16/h11,13,18H,1-10H2. The smallest absolute Gasteiger partial charge is 0.0964 e. The van der Waals surface area contributed by atoms with E-state index >= 15 is 0 Å². The van der Waals surface area contributed by atoms with Crippen molar-refractivity contribution >= 4 is 0 Å². The Hall–Kier alpha value is -0.980. The first-order valence-corrected chi connectivity index (χ1v) is 6.81. The van der Waals surface area contributed by atoms with Crippen molar-refractivity contribution in [1.29, 1.82) is 0 Å². The fourth-order valence-electron chi connectivity index (χ4n) is 2.27. The highest BCUT2D eigenvalue weighted by Crippen LogP contribution is 2.07. The number of hydrogen-bond donors (Lipinski definition) is 2. The quantitative estimate of drug-likeness (QED) is 0.661. The number of likely N-dealkylation sites (tertiary alicyclic amines) is 1. The summed E-state index contributed by atoms with van der Waals surface area (Å²) in [6, 6.07) is 0. The third-order valence-electron chi connectivity index (χ3n) is 3.27. The molecule has 1 saturated heterocycles. The van der Waals surface area contributed by atoms with Crippen LogP contribution in [-0.2, 0) is 13.1 Å². The van der Waals surface area contributed by atoms with E-state index in [2.05, 4.69) is 20.5 Å². The highest BCUT2D eigenvalue weighted by molar-refractivity contribution is 4.91. The number of rotatable bonds is 7. The van der Waals surface area contributed by atoms with Gasteiger partial charge in [-0.1, -0.05) is 11.6 Å². The van der Waals surface area contributed by atoms with Gasteiger partial charge in [-0.05, 0) is 25.9 Å². The number of hydrogen-bond acceptors (Lipinski definition) is 5. The maximum atomic E-state index is 8.78. The van der Waals surface area contributed by atoms with E-state index in [0.29, 0.717) is 6.54 Å². The molecule has 0 bridgehead atoms. The molecular formula is C12H23N5O. The normalized spacial score (nSPS) is 17.2. The Morgan fingerprint density at radius 2 is 2.06 bits per heavy atom. The van der Waals surface area contributed by atoms with Crippen LogP contribution in [0.2, 0.25) is 0 Å². The van der Waals surface area contributed by atoms with E-state index in [-0.39, 0.29) is 6.61 Å². The third-order valence-corrected chi connectivity index (χ3v) is 3.27. The molecule has 0 atom stereocenters. The summed E-state index contributed by atoms with van der Waals surface area (Å²) in [4.78, 5) is 2.51. The van der Waals surface area contributed by atoms with Crippen molar-refractivity contribution in [3.8, 4) is 0 Å². The topological polar surface area (TPSA) is 66.2 Å². The van der Waals surface area contributed by atoms with E-state index in [1.807, 2.05) is 6.20 Å². The first-order valence-electron chi connectivity index (χ1n) is 6.81. The molecule has 1 aliphatic rings. The second-order valence-electron chi connectivity index (χ2n) is 4.78. The summed E-state index contributed by atoms with van der Waals surface area (Å²) < 4.78 is 1.67. The molecule has 102 valence electrons. The van der Waals surface area contributed by atoms with Crippen LogP contribution >= 0.6 is 0 Å². The van der Waals surface area contributed by atoms with Gasteiger partial charge in [-0.15, -0.1) is 5.10 Å². The van der Waals surface area contributed by atoms with Gasteiger partial charge >= 0.3 is 0 Å². The summed E-state index contributed by atoms with van der Waals surface area (Å²) in [5, 5.41) is 20.1. The van der Waals surface area contributed by atoms with Gasteiger partial charge in [0.2, 0.25) is 0 Å². The largest absolute Gasteiger partial charge is 0.394 e. The Labute approximate surface area is 108 Å². The Kier molecular flexibility index (Phi) is 5.57. The van der Waals surface area contributed by atoms with Crippen LogP contribution in [0.5, 0.6) is 0 Å². The van der Waals surface area contributed by atoms with Gasteiger partial charge in [0.15, 0.2) is 0 Å². The molecule has 18 heavy (non-hydrogen) atoms. The summed E-state index contributed by atoms with van der Waals surface area (Å²) in [6.07, 6.45) is 5.95. The first kappa shape index (κ1) is 13.5. The molecule has 0 unspecified atom stereocenters. The third kappa shape index (κ3) is 4.36. The van der Waals surface area contributed by atoms with Crippen molar-refractivity contribution in [2.75, 3.05) is 32.8 Å². The predicted molar refractivity (Wildman–Crippen MR) is 69.1 cm³/mol. The van der Waals surface area contributed by atoms with E-state index in [9.17, 15) is 0 Å². The highest BCUT2D eigenvalue weighted by Gasteiger charge is 2.08. The molecule has 0 spiro atoms. The van der Waals surface area contributed by atoms with Gasteiger partial charge in [-0.25, -0.2) is 4.68 Å².